The lowest BCUT2D eigenvalue weighted by Crippen LogP contribution is -2.29. The molecule has 2 aromatic rings. The fourth-order valence-electron chi connectivity index (χ4n) is 3.02. The number of halogens is 4. The fourth-order valence-corrected chi connectivity index (χ4v) is 3.14. The number of nitrogens with zero attached hydrogens (tertiary/aromatic N) is 2. The van der Waals surface area contributed by atoms with Crippen LogP contribution in [-0.4, -0.2) is 42.2 Å². The molecule has 0 bridgehead atoms. The van der Waals surface area contributed by atoms with Gasteiger partial charge in [0.2, 0.25) is 11.8 Å². The normalized spacial score (nSPS) is 18.3. The van der Waals surface area contributed by atoms with Crippen LogP contribution in [0.3, 0.4) is 0 Å². The highest BCUT2D eigenvalue weighted by atomic mass is 35.5. The van der Waals surface area contributed by atoms with Crippen LogP contribution in [0.4, 0.5) is 13.2 Å². The number of hydrogen-bond donors (Lipinski definition) is 1. The first-order valence-electron chi connectivity index (χ1n) is 9.57. The molecule has 7 nitrogen and oxygen atoms in total. The largest absolute Gasteiger partial charge is 0.522 e. The van der Waals surface area contributed by atoms with Crippen LogP contribution in [0.5, 0.6) is 5.75 Å². The molecular formula is C20H21ClF3N3O4. The van der Waals surface area contributed by atoms with Crippen molar-refractivity contribution in [1.29, 1.82) is 0 Å². The van der Waals surface area contributed by atoms with Crippen LogP contribution in [-0.2, 0) is 9.53 Å². The first-order chi connectivity index (χ1) is 14.7. The first kappa shape index (κ1) is 23.1. The summed E-state index contributed by atoms with van der Waals surface area (Å²) in [6, 6.07) is 6.66. The van der Waals surface area contributed by atoms with Gasteiger partial charge in [-0.3, -0.25) is 9.53 Å². The van der Waals surface area contributed by atoms with E-state index in [1.165, 1.54) is 0 Å². The van der Waals surface area contributed by atoms with Gasteiger partial charge in [-0.2, -0.15) is 0 Å². The van der Waals surface area contributed by atoms with Crippen molar-refractivity contribution in [1.82, 2.24) is 15.5 Å². The second-order valence-electron chi connectivity index (χ2n) is 7.18. The highest BCUT2D eigenvalue weighted by Gasteiger charge is 2.38. The van der Waals surface area contributed by atoms with Crippen LogP contribution in [0, 0.1) is 5.92 Å². The highest BCUT2D eigenvalue weighted by Crippen LogP contribution is 2.42. The molecule has 1 N–H and O–H groups in total. The van der Waals surface area contributed by atoms with E-state index in [4.69, 9.17) is 20.8 Å². The molecule has 1 aromatic heterocycles. The smallest absolute Gasteiger partial charge is 0.484 e. The van der Waals surface area contributed by atoms with Gasteiger partial charge in [0.25, 0.3) is 5.91 Å². The second-order valence-corrected chi connectivity index (χ2v) is 7.62. The van der Waals surface area contributed by atoms with Crippen LogP contribution in [0.2, 0.25) is 5.02 Å². The Hall–Kier alpha value is -2.59. The van der Waals surface area contributed by atoms with Crippen molar-refractivity contribution in [2.24, 2.45) is 5.92 Å². The molecule has 1 saturated carbocycles. The lowest BCUT2D eigenvalue weighted by atomic mass is 9.75. The van der Waals surface area contributed by atoms with Crippen LogP contribution >= 0.6 is 11.6 Å². The molecule has 168 valence electrons. The van der Waals surface area contributed by atoms with Gasteiger partial charge in [-0.05, 0) is 49.4 Å². The van der Waals surface area contributed by atoms with Crippen molar-refractivity contribution < 1.29 is 31.9 Å². The Morgan fingerprint density at radius 1 is 1.26 bits per heavy atom. The molecule has 3 rings (SSSR count). The summed E-state index contributed by atoms with van der Waals surface area (Å²) in [6.45, 7) is 3.68. The van der Waals surface area contributed by atoms with Crippen molar-refractivity contribution in [2.45, 2.75) is 31.5 Å². The summed E-state index contributed by atoms with van der Waals surface area (Å²) in [5, 5.41) is 11.2. The van der Waals surface area contributed by atoms with Gasteiger partial charge in [-0.1, -0.05) is 18.2 Å². The minimum Gasteiger partial charge on any atom is -0.484 e. The average Bonchev–Trinajstić information content (AvgIpc) is 3.15. The summed E-state index contributed by atoms with van der Waals surface area (Å²) in [4.78, 5) is 11.9. The van der Waals surface area contributed by atoms with E-state index < -0.39 is 6.36 Å². The molecule has 1 aliphatic rings. The van der Waals surface area contributed by atoms with E-state index in [1.54, 1.807) is 24.3 Å². The van der Waals surface area contributed by atoms with E-state index in [0.717, 1.165) is 0 Å². The summed E-state index contributed by atoms with van der Waals surface area (Å²) < 4.78 is 51.0. The number of alkyl halides is 3. The first-order valence-corrected chi connectivity index (χ1v) is 9.94. The Kier molecular flexibility index (Phi) is 7.55. The molecule has 0 saturated heterocycles. The zero-order valence-electron chi connectivity index (χ0n) is 16.5. The molecule has 1 amide bonds. The molecule has 11 heteroatoms. The number of carbonyl (C=O) groups is 1. The zero-order valence-corrected chi connectivity index (χ0v) is 17.2. The van der Waals surface area contributed by atoms with E-state index >= 15 is 0 Å². The van der Waals surface area contributed by atoms with Gasteiger partial charge in [0.1, 0.15) is 5.75 Å². The lowest BCUT2D eigenvalue weighted by Gasteiger charge is -2.32. The summed E-state index contributed by atoms with van der Waals surface area (Å²) in [5.74, 6) is 0.591. The number of aromatic nitrogens is 2. The van der Waals surface area contributed by atoms with Gasteiger partial charge in [-0.25, -0.2) is 0 Å². The highest BCUT2D eigenvalue weighted by molar-refractivity contribution is 6.30. The minimum absolute atomic E-state index is 0.0828. The number of rotatable bonds is 10. The Morgan fingerprint density at radius 3 is 2.65 bits per heavy atom. The number of ether oxygens (including phenoxy) is 2. The quantitative estimate of drug-likeness (QED) is 0.568. The predicted octanol–water partition coefficient (Wildman–Crippen LogP) is 4.35. The molecule has 1 heterocycles. The maximum atomic E-state index is 12.1. The number of amides is 1. The molecule has 1 aliphatic carbocycles. The maximum absolute atomic E-state index is 12.1. The van der Waals surface area contributed by atoms with Gasteiger partial charge in [0, 0.05) is 23.1 Å². The third-order valence-corrected chi connectivity index (χ3v) is 5.00. The number of carbonyl (C=O) groups excluding carboxylic acids is 1. The molecule has 0 atom stereocenters. The Labute approximate surface area is 181 Å². The van der Waals surface area contributed by atoms with Crippen LogP contribution in [0.15, 0.2) is 35.3 Å². The molecular weight excluding hydrogens is 439 g/mol. The standard InChI is InChI=1S/C20H21ClF3N3O4/c1-12(6-7-25-17(28)11-29-16-4-2-15(21)3-5-16)18-26-27-19(31-18)14-8-13(9-14)10-30-20(22,23)24/h2-5,13-14H,1,6-11H2,(H,25,28)/t13-,14+. The van der Waals surface area contributed by atoms with Crippen LogP contribution in [0.25, 0.3) is 5.57 Å². The van der Waals surface area contributed by atoms with Gasteiger partial charge < -0.3 is 14.5 Å². The third kappa shape index (κ3) is 7.25. The predicted molar refractivity (Wildman–Crippen MR) is 105 cm³/mol. The Bertz CT molecular complexity index is 896. The molecule has 0 radical (unpaired) electrons. The topological polar surface area (TPSA) is 86.5 Å². The van der Waals surface area contributed by atoms with Crippen LogP contribution < -0.4 is 10.1 Å². The molecule has 1 fully saturated rings. The Balaban J connectivity index is 1.34. The van der Waals surface area contributed by atoms with Gasteiger partial charge >= 0.3 is 6.36 Å². The SMILES string of the molecule is C=C(CCNC(=O)COc1ccc(Cl)cc1)c1nnc([C@H]2C[C@@H](COC(F)(F)F)C2)o1. The Morgan fingerprint density at radius 2 is 1.97 bits per heavy atom. The molecule has 1 aromatic carbocycles. The fraction of sp³-hybridized carbons (Fsp3) is 0.450. The van der Waals surface area contributed by atoms with Gasteiger partial charge in [0.15, 0.2) is 6.61 Å². The molecule has 0 spiro atoms. The van der Waals surface area contributed by atoms with Crippen LogP contribution in [0.1, 0.15) is 37.0 Å². The third-order valence-electron chi connectivity index (χ3n) is 4.74. The van der Waals surface area contributed by atoms with E-state index in [9.17, 15) is 18.0 Å². The minimum atomic E-state index is -4.61. The number of hydrogen-bond acceptors (Lipinski definition) is 6. The van der Waals surface area contributed by atoms with E-state index in [1.807, 2.05) is 0 Å². The monoisotopic (exact) mass is 459 g/mol. The van der Waals surface area contributed by atoms with Crippen molar-refractivity contribution in [2.75, 3.05) is 19.8 Å². The van der Waals surface area contributed by atoms with E-state index in [-0.39, 0.29) is 36.8 Å². The maximum Gasteiger partial charge on any atom is 0.522 e. The van der Waals surface area contributed by atoms with Gasteiger partial charge in [0.05, 0.1) is 6.61 Å². The lowest BCUT2D eigenvalue weighted by molar-refractivity contribution is -0.330. The van der Waals surface area contributed by atoms with Crippen molar-refractivity contribution in [3.05, 3.63) is 47.6 Å². The molecule has 0 aliphatic heterocycles. The molecule has 31 heavy (non-hydrogen) atoms. The molecule has 0 unspecified atom stereocenters. The number of nitrogens with one attached hydrogen (secondary N) is 1. The van der Waals surface area contributed by atoms with Crippen molar-refractivity contribution in [3.63, 3.8) is 0 Å². The summed E-state index contributed by atoms with van der Waals surface area (Å²) >= 11 is 5.78. The van der Waals surface area contributed by atoms with E-state index in [2.05, 4.69) is 26.8 Å². The van der Waals surface area contributed by atoms with Crippen molar-refractivity contribution >= 4 is 23.1 Å². The van der Waals surface area contributed by atoms with Gasteiger partial charge in [-0.15, -0.1) is 23.4 Å². The number of benzene rings is 1. The summed E-state index contributed by atoms with van der Waals surface area (Å²) in [6.07, 6.45) is -3.24. The van der Waals surface area contributed by atoms with Crippen molar-refractivity contribution in [3.8, 4) is 5.75 Å². The zero-order chi connectivity index (χ0) is 22.4. The second kappa shape index (κ2) is 10.1. The summed E-state index contributed by atoms with van der Waals surface area (Å²) in [5.41, 5.74) is 0.550. The average molecular weight is 460 g/mol. The summed E-state index contributed by atoms with van der Waals surface area (Å²) in [7, 11) is 0. The van der Waals surface area contributed by atoms with E-state index in [0.29, 0.717) is 48.0 Å².